The second-order valence-electron chi connectivity index (χ2n) is 5.16. The molecule has 2 heterocycles. The van der Waals surface area contributed by atoms with Gasteiger partial charge in [-0.25, -0.2) is 9.37 Å². The molecule has 21 heavy (non-hydrogen) atoms. The molecular weight excluding hydrogens is 289 g/mol. The van der Waals surface area contributed by atoms with Crippen LogP contribution in [-0.4, -0.2) is 18.1 Å². The third kappa shape index (κ3) is 3.27. The lowest BCUT2D eigenvalue weighted by atomic mass is 10.2. The predicted molar refractivity (Wildman–Crippen MR) is 84.4 cm³/mol. The Morgan fingerprint density at radius 2 is 2.05 bits per heavy atom. The van der Waals surface area contributed by atoms with Crippen LogP contribution in [0.4, 0.5) is 15.9 Å². The number of pyridine rings is 1. The minimum Gasteiger partial charge on any atom is -0.378 e. The first-order valence-electron chi connectivity index (χ1n) is 7.12. The summed E-state index contributed by atoms with van der Waals surface area (Å²) in [5.41, 5.74) is 1.86. The molecule has 0 aliphatic carbocycles. The van der Waals surface area contributed by atoms with Crippen LogP contribution in [0.5, 0.6) is 0 Å². The van der Waals surface area contributed by atoms with Crippen LogP contribution in [0.2, 0.25) is 5.02 Å². The predicted octanol–water partition coefficient (Wildman–Crippen LogP) is 4.09. The summed E-state index contributed by atoms with van der Waals surface area (Å²) >= 11 is 6.06. The van der Waals surface area contributed by atoms with Gasteiger partial charge in [-0.3, -0.25) is 0 Å². The van der Waals surface area contributed by atoms with Crippen LogP contribution in [-0.2, 0) is 6.54 Å². The Bertz CT molecular complexity index is 627. The summed E-state index contributed by atoms with van der Waals surface area (Å²) in [5, 5.41) is 3.79. The molecule has 2 aromatic rings. The van der Waals surface area contributed by atoms with E-state index in [-0.39, 0.29) is 5.82 Å². The van der Waals surface area contributed by atoms with Gasteiger partial charge in [-0.1, -0.05) is 17.7 Å². The highest BCUT2D eigenvalue weighted by atomic mass is 35.5. The van der Waals surface area contributed by atoms with Crippen molar-refractivity contribution in [1.29, 1.82) is 0 Å². The number of benzene rings is 1. The molecule has 1 aliphatic rings. The van der Waals surface area contributed by atoms with Gasteiger partial charge < -0.3 is 10.2 Å². The van der Waals surface area contributed by atoms with Crippen molar-refractivity contribution in [3.63, 3.8) is 0 Å². The quantitative estimate of drug-likeness (QED) is 0.922. The largest absolute Gasteiger partial charge is 0.378 e. The van der Waals surface area contributed by atoms with E-state index in [4.69, 9.17) is 11.6 Å². The molecule has 110 valence electrons. The normalized spacial score (nSPS) is 14.5. The fourth-order valence-corrected chi connectivity index (χ4v) is 2.81. The number of hydrogen-bond acceptors (Lipinski definition) is 3. The Balaban J connectivity index is 1.75. The fourth-order valence-electron chi connectivity index (χ4n) is 2.57. The van der Waals surface area contributed by atoms with Crippen LogP contribution >= 0.6 is 11.6 Å². The molecule has 1 aliphatic heterocycles. The third-order valence-electron chi connectivity index (χ3n) is 3.68. The van der Waals surface area contributed by atoms with Gasteiger partial charge in [0.2, 0.25) is 0 Å². The number of nitrogens with one attached hydrogen (secondary N) is 1. The van der Waals surface area contributed by atoms with Crippen molar-refractivity contribution >= 4 is 23.1 Å². The lowest BCUT2D eigenvalue weighted by Crippen LogP contribution is -2.20. The molecule has 0 unspecified atom stereocenters. The van der Waals surface area contributed by atoms with Crippen molar-refractivity contribution in [2.24, 2.45) is 0 Å². The summed E-state index contributed by atoms with van der Waals surface area (Å²) in [6.45, 7) is 2.64. The molecule has 0 saturated carbocycles. The second kappa shape index (κ2) is 6.31. The van der Waals surface area contributed by atoms with E-state index in [1.54, 1.807) is 6.07 Å². The number of rotatable bonds is 4. The number of aromatic nitrogens is 1. The number of nitrogens with zero attached hydrogens (tertiary/aromatic N) is 2. The maximum atomic E-state index is 13.1. The van der Waals surface area contributed by atoms with E-state index >= 15 is 0 Å². The van der Waals surface area contributed by atoms with Crippen LogP contribution in [0, 0.1) is 5.82 Å². The van der Waals surface area contributed by atoms with Gasteiger partial charge in [0.25, 0.3) is 0 Å². The lowest BCUT2D eigenvalue weighted by molar-refractivity contribution is 0.627. The van der Waals surface area contributed by atoms with E-state index in [2.05, 4.69) is 15.2 Å². The lowest BCUT2D eigenvalue weighted by Gasteiger charge is -2.20. The van der Waals surface area contributed by atoms with Crippen molar-refractivity contribution in [1.82, 2.24) is 4.98 Å². The number of hydrogen-bond donors (Lipinski definition) is 1. The molecule has 3 nitrogen and oxygen atoms in total. The first-order valence-corrected chi connectivity index (χ1v) is 7.49. The van der Waals surface area contributed by atoms with Crippen LogP contribution in [0.1, 0.15) is 18.4 Å². The molecule has 3 rings (SSSR count). The molecule has 0 amide bonds. The maximum absolute atomic E-state index is 13.1. The first-order chi connectivity index (χ1) is 10.2. The van der Waals surface area contributed by atoms with Crippen LogP contribution in [0.25, 0.3) is 0 Å². The van der Waals surface area contributed by atoms with Gasteiger partial charge in [-0.15, -0.1) is 0 Å². The van der Waals surface area contributed by atoms with E-state index < -0.39 is 0 Å². The molecule has 1 fully saturated rings. The zero-order valence-electron chi connectivity index (χ0n) is 11.6. The first kappa shape index (κ1) is 14.1. The fraction of sp³-hybridized carbons (Fsp3) is 0.312. The Hall–Kier alpha value is -1.81. The Labute approximate surface area is 128 Å². The SMILES string of the molecule is Fc1ccc(CNc2cccnc2N2CCCC2)c(Cl)c1. The maximum Gasteiger partial charge on any atom is 0.151 e. The average Bonchev–Trinajstić information content (AvgIpc) is 3.01. The Kier molecular flexibility index (Phi) is 4.25. The summed E-state index contributed by atoms with van der Waals surface area (Å²) in [6.07, 6.45) is 4.23. The van der Waals surface area contributed by atoms with Crippen molar-refractivity contribution in [3.8, 4) is 0 Å². The molecular formula is C16H17ClFN3. The van der Waals surface area contributed by atoms with Crippen LogP contribution < -0.4 is 10.2 Å². The summed E-state index contributed by atoms with van der Waals surface area (Å²) < 4.78 is 13.1. The highest BCUT2D eigenvalue weighted by Crippen LogP contribution is 2.27. The summed E-state index contributed by atoms with van der Waals surface area (Å²) in [4.78, 5) is 6.77. The van der Waals surface area contributed by atoms with Gasteiger partial charge in [-0.2, -0.15) is 0 Å². The standard InChI is InChI=1S/C16H17ClFN3/c17-14-10-13(18)6-5-12(14)11-20-15-4-3-7-19-16(15)21-8-1-2-9-21/h3-7,10,20H,1-2,8-9,11H2. The molecule has 0 bridgehead atoms. The zero-order valence-corrected chi connectivity index (χ0v) is 12.4. The van der Waals surface area contributed by atoms with E-state index in [0.717, 1.165) is 30.2 Å². The summed E-state index contributed by atoms with van der Waals surface area (Å²) in [5.74, 6) is 0.663. The highest BCUT2D eigenvalue weighted by molar-refractivity contribution is 6.31. The summed E-state index contributed by atoms with van der Waals surface area (Å²) in [6, 6.07) is 8.39. The molecule has 0 atom stereocenters. The van der Waals surface area contributed by atoms with Gasteiger partial charge >= 0.3 is 0 Å². The highest BCUT2D eigenvalue weighted by Gasteiger charge is 2.16. The topological polar surface area (TPSA) is 28.2 Å². The van der Waals surface area contributed by atoms with Crippen LogP contribution in [0.15, 0.2) is 36.5 Å². The van der Waals surface area contributed by atoms with Gasteiger partial charge in [-0.05, 0) is 42.7 Å². The van der Waals surface area contributed by atoms with Crippen molar-refractivity contribution in [2.75, 3.05) is 23.3 Å². The molecule has 0 radical (unpaired) electrons. The third-order valence-corrected chi connectivity index (χ3v) is 4.03. The minimum absolute atomic E-state index is 0.317. The van der Waals surface area contributed by atoms with Gasteiger partial charge in [0.1, 0.15) is 5.82 Å². The van der Waals surface area contributed by atoms with E-state index in [1.165, 1.54) is 25.0 Å². The molecule has 0 spiro atoms. The molecule has 5 heteroatoms. The number of anilines is 2. The average molecular weight is 306 g/mol. The second-order valence-corrected chi connectivity index (χ2v) is 5.57. The van der Waals surface area contributed by atoms with Crippen molar-refractivity contribution in [2.45, 2.75) is 19.4 Å². The van der Waals surface area contributed by atoms with E-state index in [9.17, 15) is 4.39 Å². The molecule has 1 aromatic heterocycles. The molecule has 1 saturated heterocycles. The Morgan fingerprint density at radius 1 is 1.24 bits per heavy atom. The van der Waals surface area contributed by atoms with E-state index in [1.807, 2.05) is 18.3 Å². The monoisotopic (exact) mass is 305 g/mol. The van der Waals surface area contributed by atoms with Gasteiger partial charge in [0.15, 0.2) is 5.82 Å². The molecule has 1 aromatic carbocycles. The smallest absolute Gasteiger partial charge is 0.151 e. The number of halogens is 2. The van der Waals surface area contributed by atoms with E-state index in [0.29, 0.717) is 11.6 Å². The van der Waals surface area contributed by atoms with Crippen molar-refractivity contribution < 1.29 is 4.39 Å². The summed E-state index contributed by atoms with van der Waals surface area (Å²) in [7, 11) is 0. The van der Waals surface area contributed by atoms with Gasteiger partial charge in [0.05, 0.1) is 5.69 Å². The Morgan fingerprint density at radius 3 is 2.81 bits per heavy atom. The minimum atomic E-state index is -0.317. The molecule has 1 N–H and O–H groups in total. The zero-order chi connectivity index (χ0) is 14.7. The van der Waals surface area contributed by atoms with Crippen LogP contribution in [0.3, 0.4) is 0 Å². The van der Waals surface area contributed by atoms with Gasteiger partial charge in [0, 0.05) is 30.9 Å². The van der Waals surface area contributed by atoms with Crippen molar-refractivity contribution in [3.05, 3.63) is 52.9 Å².